The van der Waals surface area contributed by atoms with Gasteiger partial charge in [0.1, 0.15) is 0 Å². The molecule has 2 unspecified atom stereocenters. The van der Waals surface area contributed by atoms with Crippen LogP contribution in [0.2, 0.25) is 0 Å². The Bertz CT molecular complexity index is 413. The molecule has 5 heteroatoms. The highest BCUT2D eigenvalue weighted by Crippen LogP contribution is 2.51. The fourth-order valence-corrected chi connectivity index (χ4v) is 5.74. The molecule has 1 spiro atoms. The van der Waals surface area contributed by atoms with Crippen LogP contribution in [0.15, 0.2) is 0 Å². The second-order valence-corrected chi connectivity index (χ2v) is 8.64. The monoisotopic (exact) mass is 337 g/mol. The van der Waals surface area contributed by atoms with Crippen molar-refractivity contribution in [1.82, 2.24) is 15.1 Å². The van der Waals surface area contributed by atoms with E-state index in [1.54, 1.807) is 0 Å². The Morgan fingerprint density at radius 1 is 1.21 bits per heavy atom. The Morgan fingerprint density at radius 3 is 2.67 bits per heavy atom. The van der Waals surface area contributed by atoms with Crippen LogP contribution in [0.1, 0.15) is 51.9 Å². The fraction of sp³-hybridized carbons (Fsp3) is 1.00. The minimum absolute atomic E-state index is 0.465. The van der Waals surface area contributed by atoms with Gasteiger partial charge in [-0.3, -0.25) is 4.90 Å². The summed E-state index contributed by atoms with van der Waals surface area (Å²) >= 11 is 0. The van der Waals surface area contributed by atoms with Crippen molar-refractivity contribution < 1.29 is 9.84 Å². The quantitative estimate of drug-likeness (QED) is 0.747. The van der Waals surface area contributed by atoms with Crippen LogP contribution in [0.25, 0.3) is 0 Å². The maximum absolute atomic E-state index is 10.0. The van der Waals surface area contributed by atoms with Crippen LogP contribution in [0.5, 0.6) is 0 Å². The second kappa shape index (κ2) is 7.20. The molecule has 5 nitrogen and oxygen atoms in total. The third kappa shape index (κ3) is 3.38. The molecule has 3 saturated heterocycles. The molecule has 24 heavy (non-hydrogen) atoms. The first-order valence-electron chi connectivity index (χ1n) is 10.2. The predicted molar refractivity (Wildman–Crippen MR) is 94.6 cm³/mol. The van der Waals surface area contributed by atoms with Crippen molar-refractivity contribution in [2.45, 2.75) is 70.4 Å². The van der Waals surface area contributed by atoms with Crippen LogP contribution in [0, 0.1) is 11.3 Å². The SMILES string of the molecule is CCOC(O)N1CCC2(CC(N3CCC(C4CCCN4)CC3)C2)C1. The largest absolute Gasteiger partial charge is 0.356 e. The maximum Gasteiger partial charge on any atom is 0.216 e. The van der Waals surface area contributed by atoms with E-state index in [1.807, 2.05) is 6.92 Å². The van der Waals surface area contributed by atoms with Gasteiger partial charge in [-0.25, -0.2) is 0 Å². The van der Waals surface area contributed by atoms with Gasteiger partial charge in [0.25, 0.3) is 0 Å². The van der Waals surface area contributed by atoms with E-state index in [0.717, 1.165) is 31.1 Å². The number of ether oxygens (including phenoxy) is 1. The third-order valence-corrected chi connectivity index (χ3v) is 7.19. The average molecular weight is 338 g/mol. The van der Waals surface area contributed by atoms with Crippen LogP contribution in [0.4, 0.5) is 0 Å². The highest BCUT2D eigenvalue weighted by Gasteiger charge is 2.51. The van der Waals surface area contributed by atoms with Crippen LogP contribution in [-0.2, 0) is 4.74 Å². The molecule has 3 heterocycles. The number of piperidine rings is 1. The standard InChI is InChI=1S/C19H35N3O2/c1-2-24-18(23)22-11-7-19(14-22)12-16(13-19)21-9-5-15(6-10-21)17-4-3-8-20-17/h15-18,20,23H,2-14H2,1H3. The topological polar surface area (TPSA) is 48.0 Å². The molecule has 3 aliphatic heterocycles. The average Bonchev–Trinajstić information content (AvgIpc) is 3.24. The smallest absolute Gasteiger partial charge is 0.216 e. The molecule has 1 aliphatic carbocycles. The molecule has 4 rings (SSSR count). The first-order valence-corrected chi connectivity index (χ1v) is 10.2. The van der Waals surface area contributed by atoms with Crippen molar-refractivity contribution in [3.05, 3.63) is 0 Å². The van der Waals surface area contributed by atoms with E-state index < -0.39 is 6.41 Å². The van der Waals surface area contributed by atoms with Crippen LogP contribution in [0.3, 0.4) is 0 Å². The normalized spacial score (nSPS) is 40.2. The lowest BCUT2D eigenvalue weighted by Crippen LogP contribution is -2.55. The molecular weight excluding hydrogens is 302 g/mol. The Labute approximate surface area is 146 Å². The van der Waals surface area contributed by atoms with Gasteiger partial charge >= 0.3 is 0 Å². The van der Waals surface area contributed by atoms with E-state index in [-0.39, 0.29) is 0 Å². The van der Waals surface area contributed by atoms with Crippen LogP contribution < -0.4 is 5.32 Å². The van der Waals surface area contributed by atoms with Crippen molar-refractivity contribution in [3.63, 3.8) is 0 Å². The summed E-state index contributed by atoms with van der Waals surface area (Å²) in [6.45, 7) is 8.37. The van der Waals surface area contributed by atoms with Gasteiger partial charge in [0.2, 0.25) is 6.41 Å². The molecule has 4 aliphatic rings. The zero-order valence-electron chi connectivity index (χ0n) is 15.3. The minimum atomic E-state index is -0.692. The van der Waals surface area contributed by atoms with E-state index in [4.69, 9.17) is 4.74 Å². The summed E-state index contributed by atoms with van der Waals surface area (Å²) in [7, 11) is 0. The van der Waals surface area contributed by atoms with Gasteiger partial charge in [0.05, 0.1) is 0 Å². The molecule has 0 aromatic heterocycles. The van der Waals surface area contributed by atoms with Crippen molar-refractivity contribution in [1.29, 1.82) is 0 Å². The number of hydrogen-bond acceptors (Lipinski definition) is 5. The van der Waals surface area contributed by atoms with Crippen molar-refractivity contribution >= 4 is 0 Å². The van der Waals surface area contributed by atoms with E-state index in [2.05, 4.69) is 15.1 Å². The number of nitrogens with zero attached hydrogens (tertiary/aromatic N) is 2. The molecular formula is C19H35N3O2. The predicted octanol–water partition coefficient (Wildman–Crippen LogP) is 1.62. The first kappa shape index (κ1) is 17.2. The summed E-state index contributed by atoms with van der Waals surface area (Å²) in [4.78, 5) is 4.88. The van der Waals surface area contributed by atoms with Crippen LogP contribution in [-0.4, -0.2) is 72.7 Å². The van der Waals surface area contributed by atoms with Gasteiger partial charge in [-0.15, -0.1) is 0 Å². The zero-order chi connectivity index (χ0) is 16.6. The summed E-state index contributed by atoms with van der Waals surface area (Å²) in [6, 6.07) is 1.61. The molecule has 2 atom stereocenters. The van der Waals surface area contributed by atoms with Gasteiger partial charge in [0, 0.05) is 31.8 Å². The summed E-state index contributed by atoms with van der Waals surface area (Å²) in [5, 5.41) is 13.7. The summed E-state index contributed by atoms with van der Waals surface area (Å²) in [6.07, 6.45) is 8.74. The van der Waals surface area contributed by atoms with Gasteiger partial charge in [-0.05, 0) is 82.8 Å². The number of likely N-dealkylation sites (tertiary alicyclic amines) is 2. The van der Waals surface area contributed by atoms with E-state index >= 15 is 0 Å². The molecule has 0 amide bonds. The molecule has 0 radical (unpaired) electrons. The minimum Gasteiger partial charge on any atom is -0.356 e. The van der Waals surface area contributed by atoms with Gasteiger partial charge in [0.15, 0.2) is 0 Å². The first-order chi connectivity index (χ1) is 11.7. The molecule has 138 valence electrons. The van der Waals surface area contributed by atoms with Gasteiger partial charge in [-0.1, -0.05) is 0 Å². The van der Waals surface area contributed by atoms with Crippen LogP contribution >= 0.6 is 0 Å². The van der Waals surface area contributed by atoms with E-state index in [9.17, 15) is 5.11 Å². The molecule has 4 fully saturated rings. The Balaban J connectivity index is 1.21. The molecule has 0 bridgehead atoms. The van der Waals surface area contributed by atoms with Gasteiger partial charge < -0.3 is 20.1 Å². The Hall–Kier alpha value is -0.200. The Morgan fingerprint density at radius 2 is 2.00 bits per heavy atom. The molecule has 1 saturated carbocycles. The maximum atomic E-state index is 10.0. The van der Waals surface area contributed by atoms with Gasteiger partial charge in [-0.2, -0.15) is 0 Å². The lowest BCUT2D eigenvalue weighted by atomic mass is 9.64. The van der Waals surface area contributed by atoms with E-state index in [0.29, 0.717) is 12.0 Å². The van der Waals surface area contributed by atoms with Crippen molar-refractivity contribution in [3.8, 4) is 0 Å². The summed E-state index contributed by atoms with van der Waals surface area (Å²) < 4.78 is 5.36. The highest BCUT2D eigenvalue weighted by atomic mass is 16.6. The summed E-state index contributed by atoms with van der Waals surface area (Å²) in [5.74, 6) is 0.918. The number of aliphatic hydroxyl groups excluding tert-OH is 1. The number of nitrogens with one attached hydrogen (secondary N) is 1. The fourth-order valence-electron chi connectivity index (χ4n) is 5.74. The van der Waals surface area contributed by atoms with E-state index in [1.165, 1.54) is 64.6 Å². The summed E-state index contributed by atoms with van der Waals surface area (Å²) in [5.41, 5.74) is 0.465. The second-order valence-electron chi connectivity index (χ2n) is 8.64. The Kier molecular flexibility index (Phi) is 5.17. The third-order valence-electron chi connectivity index (χ3n) is 7.19. The van der Waals surface area contributed by atoms with Crippen molar-refractivity contribution in [2.75, 3.05) is 39.3 Å². The number of hydrogen-bond donors (Lipinski definition) is 2. The highest BCUT2D eigenvalue weighted by molar-refractivity contribution is 5.04. The molecule has 0 aromatic carbocycles. The zero-order valence-corrected chi connectivity index (χ0v) is 15.3. The molecule has 2 N–H and O–H groups in total. The lowest BCUT2D eigenvalue weighted by Gasteiger charge is -2.52. The number of rotatable bonds is 5. The van der Waals surface area contributed by atoms with Crippen molar-refractivity contribution in [2.24, 2.45) is 11.3 Å². The lowest BCUT2D eigenvalue weighted by molar-refractivity contribution is -0.188. The molecule has 0 aromatic rings. The number of aliphatic hydroxyl groups is 1.